The van der Waals surface area contributed by atoms with Gasteiger partial charge in [0.1, 0.15) is 5.76 Å². The minimum absolute atomic E-state index is 0.0583. The Hall–Kier alpha value is -0.930. The zero-order valence-corrected chi connectivity index (χ0v) is 10.3. The summed E-state index contributed by atoms with van der Waals surface area (Å²) in [7, 11) is 0. The van der Waals surface area contributed by atoms with Gasteiger partial charge in [-0.2, -0.15) is 13.2 Å². The van der Waals surface area contributed by atoms with Gasteiger partial charge in [-0.15, -0.1) is 0 Å². The Labute approximate surface area is 100 Å². The van der Waals surface area contributed by atoms with Crippen molar-refractivity contribution in [3.8, 4) is 0 Å². The standard InChI is InChI=1S/C13H19F3O/c1-3-4-5-6-7-10(2)11-8-9-12(17-11)13(14,15)16/h8-10H,3-7H2,1-2H3. The summed E-state index contributed by atoms with van der Waals surface area (Å²) in [6.07, 6.45) is 1.02. The largest absolute Gasteiger partial charge is 0.456 e. The van der Waals surface area contributed by atoms with Crippen molar-refractivity contribution in [1.29, 1.82) is 0 Å². The first-order chi connectivity index (χ1) is 7.95. The first-order valence-electron chi connectivity index (χ1n) is 6.12. The average molecular weight is 248 g/mol. The van der Waals surface area contributed by atoms with Gasteiger partial charge in [0.15, 0.2) is 0 Å². The number of hydrogen-bond donors (Lipinski definition) is 0. The van der Waals surface area contributed by atoms with Crippen molar-refractivity contribution in [2.75, 3.05) is 0 Å². The summed E-state index contributed by atoms with van der Waals surface area (Å²) in [6, 6.07) is 2.45. The van der Waals surface area contributed by atoms with Crippen molar-refractivity contribution in [3.63, 3.8) is 0 Å². The number of furan rings is 1. The molecule has 0 saturated carbocycles. The molecule has 1 nitrogen and oxygen atoms in total. The number of halogens is 3. The average Bonchev–Trinajstić information content (AvgIpc) is 2.72. The molecule has 0 amide bonds. The molecule has 0 radical (unpaired) electrons. The van der Waals surface area contributed by atoms with E-state index in [4.69, 9.17) is 4.42 Å². The summed E-state index contributed by atoms with van der Waals surface area (Å²) in [4.78, 5) is 0. The molecule has 0 aliphatic rings. The Kier molecular flexibility index (Phi) is 5.09. The third-order valence-corrected chi connectivity index (χ3v) is 2.88. The molecule has 0 aromatic carbocycles. The third-order valence-electron chi connectivity index (χ3n) is 2.88. The van der Waals surface area contributed by atoms with Crippen LogP contribution in [0.3, 0.4) is 0 Å². The summed E-state index contributed by atoms with van der Waals surface area (Å²) < 4.78 is 41.8. The van der Waals surface area contributed by atoms with Crippen LogP contribution < -0.4 is 0 Å². The number of alkyl halides is 3. The van der Waals surface area contributed by atoms with Gasteiger partial charge in [0, 0.05) is 5.92 Å². The molecule has 0 aliphatic carbocycles. The van der Waals surface area contributed by atoms with Crippen molar-refractivity contribution >= 4 is 0 Å². The molecule has 1 atom stereocenters. The Morgan fingerprint density at radius 1 is 1.18 bits per heavy atom. The van der Waals surface area contributed by atoms with Crippen LogP contribution in [0.1, 0.15) is 63.4 Å². The molecule has 0 spiro atoms. The lowest BCUT2D eigenvalue weighted by Crippen LogP contribution is -2.02. The molecule has 98 valence electrons. The van der Waals surface area contributed by atoms with Crippen LogP contribution in [0.2, 0.25) is 0 Å². The summed E-state index contributed by atoms with van der Waals surface area (Å²) in [6.45, 7) is 4.04. The summed E-state index contributed by atoms with van der Waals surface area (Å²) in [5, 5.41) is 0. The van der Waals surface area contributed by atoms with Crippen molar-refractivity contribution in [2.45, 2.75) is 58.0 Å². The van der Waals surface area contributed by atoms with Crippen LogP contribution >= 0.6 is 0 Å². The van der Waals surface area contributed by atoms with Crippen LogP contribution in [0.25, 0.3) is 0 Å². The summed E-state index contributed by atoms with van der Waals surface area (Å²) in [5.74, 6) is -0.398. The van der Waals surface area contributed by atoms with Crippen LogP contribution in [0.5, 0.6) is 0 Å². The van der Waals surface area contributed by atoms with E-state index in [1.165, 1.54) is 12.5 Å². The topological polar surface area (TPSA) is 13.1 Å². The second kappa shape index (κ2) is 6.12. The quantitative estimate of drug-likeness (QED) is 0.616. The minimum atomic E-state index is -4.37. The second-order valence-electron chi connectivity index (χ2n) is 4.45. The molecule has 1 aromatic heterocycles. The molecule has 1 unspecified atom stereocenters. The van der Waals surface area contributed by atoms with E-state index in [1.54, 1.807) is 0 Å². The van der Waals surface area contributed by atoms with Gasteiger partial charge in [0.05, 0.1) is 0 Å². The Bertz CT molecular complexity index is 328. The SMILES string of the molecule is CCCCCCC(C)c1ccc(C(F)(F)F)o1. The Morgan fingerprint density at radius 2 is 1.88 bits per heavy atom. The highest BCUT2D eigenvalue weighted by Crippen LogP contribution is 2.33. The van der Waals surface area contributed by atoms with Crippen LogP contribution in [0.4, 0.5) is 13.2 Å². The molecular weight excluding hydrogens is 229 g/mol. The van der Waals surface area contributed by atoms with E-state index in [9.17, 15) is 13.2 Å². The van der Waals surface area contributed by atoms with Gasteiger partial charge in [-0.25, -0.2) is 0 Å². The molecule has 1 aromatic rings. The van der Waals surface area contributed by atoms with Crippen LogP contribution in [0.15, 0.2) is 16.5 Å². The first kappa shape index (κ1) is 14.1. The number of hydrogen-bond acceptors (Lipinski definition) is 1. The molecule has 17 heavy (non-hydrogen) atoms. The maximum atomic E-state index is 12.3. The van der Waals surface area contributed by atoms with Gasteiger partial charge < -0.3 is 4.42 Å². The normalized spacial score (nSPS) is 13.9. The highest BCUT2D eigenvalue weighted by Gasteiger charge is 2.35. The summed E-state index contributed by atoms with van der Waals surface area (Å²) in [5.41, 5.74) is 0. The van der Waals surface area contributed by atoms with E-state index in [-0.39, 0.29) is 5.92 Å². The lowest BCUT2D eigenvalue weighted by molar-refractivity contribution is -0.153. The van der Waals surface area contributed by atoms with Gasteiger partial charge >= 0.3 is 6.18 Å². The lowest BCUT2D eigenvalue weighted by Gasteiger charge is -2.08. The van der Waals surface area contributed by atoms with E-state index in [2.05, 4.69) is 6.92 Å². The van der Waals surface area contributed by atoms with E-state index in [1.807, 2.05) is 6.92 Å². The van der Waals surface area contributed by atoms with Crippen LogP contribution in [-0.2, 0) is 6.18 Å². The van der Waals surface area contributed by atoms with E-state index in [0.717, 1.165) is 31.7 Å². The number of rotatable bonds is 6. The van der Waals surface area contributed by atoms with E-state index in [0.29, 0.717) is 5.76 Å². The van der Waals surface area contributed by atoms with Crippen molar-refractivity contribution in [3.05, 3.63) is 23.7 Å². The fraction of sp³-hybridized carbons (Fsp3) is 0.692. The maximum Gasteiger partial charge on any atom is 0.449 e. The molecular formula is C13H19F3O. The van der Waals surface area contributed by atoms with E-state index < -0.39 is 11.9 Å². The zero-order valence-electron chi connectivity index (χ0n) is 10.3. The van der Waals surface area contributed by atoms with Crippen molar-refractivity contribution < 1.29 is 17.6 Å². The van der Waals surface area contributed by atoms with Crippen molar-refractivity contribution in [1.82, 2.24) is 0 Å². The molecule has 1 rings (SSSR count). The van der Waals surface area contributed by atoms with Crippen LogP contribution in [0, 0.1) is 0 Å². The minimum Gasteiger partial charge on any atom is -0.456 e. The van der Waals surface area contributed by atoms with Gasteiger partial charge in [-0.1, -0.05) is 39.5 Å². The second-order valence-corrected chi connectivity index (χ2v) is 4.45. The fourth-order valence-corrected chi connectivity index (χ4v) is 1.79. The molecule has 1 heterocycles. The highest BCUT2D eigenvalue weighted by atomic mass is 19.4. The summed E-state index contributed by atoms with van der Waals surface area (Å²) >= 11 is 0. The smallest absolute Gasteiger partial charge is 0.449 e. The van der Waals surface area contributed by atoms with Gasteiger partial charge in [0.25, 0.3) is 0 Å². The van der Waals surface area contributed by atoms with Crippen molar-refractivity contribution in [2.24, 2.45) is 0 Å². The Balaban J connectivity index is 2.47. The molecule has 0 fully saturated rings. The van der Waals surface area contributed by atoms with Gasteiger partial charge in [0.2, 0.25) is 5.76 Å². The maximum absolute atomic E-state index is 12.3. The van der Waals surface area contributed by atoms with Gasteiger partial charge in [-0.3, -0.25) is 0 Å². The lowest BCUT2D eigenvalue weighted by atomic mass is 10.0. The molecule has 4 heteroatoms. The fourth-order valence-electron chi connectivity index (χ4n) is 1.79. The highest BCUT2D eigenvalue weighted by molar-refractivity contribution is 5.12. The number of unbranched alkanes of at least 4 members (excludes halogenated alkanes) is 3. The zero-order chi connectivity index (χ0) is 12.9. The predicted molar refractivity (Wildman–Crippen MR) is 60.9 cm³/mol. The molecule has 0 aliphatic heterocycles. The van der Waals surface area contributed by atoms with Gasteiger partial charge in [-0.05, 0) is 18.6 Å². The Morgan fingerprint density at radius 3 is 2.41 bits per heavy atom. The van der Waals surface area contributed by atoms with Crippen LogP contribution in [-0.4, -0.2) is 0 Å². The molecule has 0 saturated heterocycles. The third kappa shape index (κ3) is 4.44. The van der Waals surface area contributed by atoms with E-state index >= 15 is 0 Å². The predicted octanol–water partition coefficient (Wildman–Crippen LogP) is 5.37. The first-order valence-corrected chi connectivity index (χ1v) is 6.12. The molecule has 0 N–H and O–H groups in total. The monoisotopic (exact) mass is 248 g/mol. The molecule has 0 bridgehead atoms.